The molecule has 0 amide bonds. The summed E-state index contributed by atoms with van der Waals surface area (Å²) in [6.07, 6.45) is 1.49. The Morgan fingerprint density at radius 3 is 2.44 bits per heavy atom. The zero-order valence-corrected chi connectivity index (χ0v) is 12.1. The quantitative estimate of drug-likeness (QED) is 0.837. The SMILES string of the molecule is CC(C)(C)[C@H](CO)/N=C/c1cc(Cl)cc(Cl)c1O. The Bertz CT molecular complexity index is 453. The Balaban J connectivity index is 3.04. The van der Waals surface area contributed by atoms with Crippen LogP contribution in [0.1, 0.15) is 26.3 Å². The van der Waals surface area contributed by atoms with Crippen LogP contribution in [0.5, 0.6) is 5.75 Å². The Kier molecular flexibility index (Phi) is 5.02. The predicted molar refractivity (Wildman–Crippen MR) is 76.0 cm³/mol. The molecule has 0 heterocycles. The van der Waals surface area contributed by atoms with E-state index >= 15 is 0 Å². The van der Waals surface area contributed by atoms with E-state index in [1.807, 2.05) is 20.8 Å². The summed E-state index contributed by atoms with van der Waals surface area (Å²) in [4.78, 5) is 4.27. The van der Waals surface area contributed by atoms with Crippen LogP contribution in [0.4, 0.5) is 0 Å². The molecule has 0 aliphatic carbocycles. The summed E-state index contributed by atoms with van der Waals surface area (Å²) in [6.45, 7) is 5.89. The molecule has 0 saturated heterocycles. The smallest absolute Gasteiger partial charge is 0.143 e. The molecule has 18 heavy (non-hydrogen) atoms. The Hall–Kier alpha value is -0.770. The third kappa shape index (κ3) is 3.87. The van der Waals surface area contributed by atoms with Gasteiger partial charge in [0.05, 0.1) is 17.7 Å². The molecule has 0 fully saturated rings. The maximum Gasteiger partial charge on any atom is 0.143 e. The fourth-order valence-corrected chi connectivity index (χ4v) is 1.91. The molecule has 3 nitrogen and oxygen atoms in total. The lowest BCUT2D eigenvalue weighted by molar-refractivity contribution is 0.191. The third-order valence-corrected chi connectivity index (χ3v) is 3.13. The molecule has 100 valence electrons. The highest BCUT2D eigenvalue weighted by atomic mass is 35.5. The zero-order valence-electron chi connectivity index (χ0n) is 10.6. The van der Waals surface area contributed by atoms with Crippen molar-refractivity contribution < 1.29 is 10.2 Å². The lowest BCUT2D eigenvalue weighted by Gasteiger charge is -2.25. The van der Waals surface area contributed by atoms with E-state index < -0.39 is 0 Å². The van der Waals surface area contributed by atoms with Gasteiger partial charge in [0.15, 0.2) is 0 Å². The van der Waals surface area contributed by atoms with Crippen LogP contribution < -0.4 is 0 Å². The number of hydrogen-bond donors (Lipinski definition) is 2. The number of nitrogens with zero attached hydrogens (tertiary/aromatic N) is 1. The molecule has 0 unspecified atom stereocenters. The van der Waals surface area contributed by atoms with Crippen LogP contribution in [0.3, 0.4) is 0 Å². The molecule has 5 heteroatoms. The normalized spacial score (nSPS) is 14.1. The molecule has 0 aliphatic rings. The second-order valence-corrected chi connectivity index (χ2v) is 6.01. The molecule has 0 bridgehead atoms. The summed E-state index contributed by atoms with van der Waals surface area (Å²) in [5, 5.41) is 19.7. The first-order valence-corrected chi connectivity index (χ1v) is 6.33. The molecule has 0 radical (unpaired) electrons. The number of aliphatic imine (C=N–C) groups is 1. The average Bonchev–Trinajstić information content (AvgIpc) is 2.23. The summed E-state index contributed by atoms with van der Waals surface area (Å²) >= 11 is 11.7. The van der Waals surface area contributed by atoms with Crippen LogP contribution in [0, 0.1) is 5.41 Å². The van der Waals surface area contributed by atoms with Gasteiger partial charge in [-0.2, -0.15) is 0 Å². The van der Waals surface area contributed by atoms with E-state index in [2.05, 4.69) is 4.99 Å². The molecular weight excluding hydrogens is 273 g/mol. The molecule has 1 aromatic carbocycles. The average molecular weight is 290 g/mol. The van der Waals surface area contributed by atoms with E-state index in [-0.39, 0.29) is 28.8 Å². The molecule has 0 saturated carbocycles. The van der Waals surface area contributed by atoms with Crippen LogP contribution in [0.25, 0.3) is 0 Å². The maximum atomic E-state index is 9.77. The Morgan fingerprint density at radius 2 is 1.94 bits per heavy atom. The van der Waals surface area contributed by atoms with Crippen LogP contribution in [-0.2, 0) is 0 Å². The van der Waals surface area contributed by atoms with Crippen LogP contribution in [0.2, 0.25) is 10.0 Å². The van der Waals surface area contributed by atoms with Crippen molar-refractivity contribution in [3.05, 3.63) is 27.7 Å². The second kappa shape index (κ2) is 5.91. The first-order valence-electron chi connectivity index (χ1n) is 5.57. The van der Waals surface area contributed by atoms with Gasteiger partial charge < -0.3 is 10.2 Å². The van der Waals surface area contributed by atoms with Crippen LogP contribution in [-0.4, -0.2) is 29.1 Å². The van der Waals surface area contributed by atoms with E-state index in [1.54, 1.807) is 6.07 Å². The number of halogens is 2. The number of aliphatic hydroxyl groups is 1. The minimum atomic E-state index is -0.255. The number of phenolic OH excluding ortho intramolecular Hbond substituents is 1. The van der Waals surface area contributed by atoms with Gasteiger partial charge in [-0.05, 0) is 17.5 Å². The highest BCUT2D eigenvalue weighted by Gasteiger charge is 2.22. The summed E-state index contributed by atoms with van der Waals surface area (Å²) in [5.74, 6) is -0.0598. The predicted octanol–water partition coefficient (Wildman–Crippen LogP) is 3.52. The monoisotopic (exact) mass is 289 g/mol. The maximum absolute atomic E-state index is 9.77. The standard InChI is InChI=1S/C13H17Cl2NO2/c1-13(2,3)11(7-17)16-6-8-4-9(14)5-10(15)12(8)18/h4-6,11,17-18H,7H2,1-3H3/b16-6+/t11-/m0/s1. The van der Waals surface area contributed by atoms with Crippen molar-refractivity contribution in [2.75, 3.05) is 6.61 Å². The van der Waals surface area contributed by atoms with Crippen LogP contribution in [0.15, 0.2) is 17.1 Å². The van der Waals surface area contributed by atoms with Crippen molar-refractivity contribution in [3.8, 4) is 5.75 Å². The van der Waals surface area contributed by atoms with Gasteiger partial charge in [0.25, 0.3) is 0 Å². The minimum Gasteiger partial charge on any atom is -0.506 e. The molecule has 2 N–H and O–H groups in total. The van der Waals surface area contributed by atoms with Crippen molar-refractivity contribution in [2.45, 2.75) is 26.8 Å². The van der Waals surface area contributed by atoms with Crippen molar-refractivity contribution >= 4 is 29.4 Å². The van der Waals surface area contributed by atoms with Crippen LogP contribution >= 0.6 is 23.2 Å². The molecule has 0 aliphatic heterocycles. The van der Waals surface area contributed by atoms with Gasteiger partial charge in [0.2, 0.25) is 0 Å². The van der Waals surface area contributed by atoms with Crippen molar-refractivity contribution in [1.82, 2.24) is 0 Å². The minimum absolute atomic E-state index is 0.0598. The molecule has 0 aromatic heterocycles. The number of benzene rings is 1. The summed E-state index contributed by atoms with van der Waals surface area (Å²) in [7, 11) is 0. The Labute approximate surface area is 117 Å². The van der Waals surface area contributed by atoms with Gasteiger partial charge in [-0.15, -0.1) is 0 Å². The summed E-state index contributed by atoms with van der Waals surface area (Å²) in [6, 6.07) is 2.78. The van der Waals surface area contributed by atoms with Crippen molar-refractivity contribution in [2.24, 2.45) is 10.4 Å². The first-order chi connectivity index (χ1) is 8.25. The van der Waals surface area contributed by atoms with E-state index in [0.29, 0.717) is 10.6 Å². The van der Waals surface area contributed by atoms with Gasteiger partial charge in [-0.1, -0.05) is 44.0 Å². The Morgan fingerprint density at radius 1 is 1.33 bits per heavy atom. The second-order valence-electron chi connectivity index (χ2n) is 5.17. The van der Waals surface area contributed by atoms with Crippen molar-refractivity contribution in [1.29, 1.82) is 0 Å². The largest absolute Gasteiger partial charge is 0.506 e. The molecule has 1 aromatic rings. The number of hydrogen-bond acceptors (Lipinski definition) is 3. The number of rotatable bonds is 3. The fourth-order valence-electron chi connectivity index (χ4n) is 1.40. The first kappa shape index (κ1) is 15.3. The zero-order chi connectivity index (χ0) is 13.9. The van der Waals surface area contributed by atoms with Gasteiger partial charge in [0.1, 0.15) is 5.75 Å². The van der Waals surface area contributed by atoms with Crippen molar-refractivity contribution in [3.63, 3.8) is 0 Å². The van der Waals surface area contributed by atoms with Gasteiger partial charge >= 0.3 is 0 Å². The lowest BCUT2D eigenvalue weighted by atomic mass is 9.88. The topological polar surface area (TPSA) is 52.8 Å². The number of aliphatic hydroxyl groups excluding tert-OH is 1. The molecule has 1 atom stereocenters. The lowest BCUT2D eigenvalue weighted by Crippen LogP contribution is -2.28. The third-order valence-electron chi connectivity index (χ3n) is 2.62. The molecule has 0 spiro atoms. The molecular formula is C13H17Cl2NO2. The summed E-state index contributed by atoms with van der Waals surface area (Å²) < 4.78 is 0. The highest BCUT2D eigenvalue weighted by Crippen LogP contribution is 2.30. The number of phenols is 1. The van der Waals surface area contributed by atoms with Gasteiger partial charge in [0, 0.05) is 16.8 Å². The molecule has 1 rings (SSSR count). The van der Waals surface area contributed by atoms with Gasteiger partial charge in [-0.3, -0.25) is 4.99 Å². The van der Waals surface area contributed by atoms with Gasteiger partial charge in [-0.25, -0.2) is 0 Å². The highest BCUT2D eigenvalue weighted by molar-refractivity contribution is 6.36. The van der Waals surface area contributed by atoms with E-state index in [1.165, 1.54) is 12.3 Å². The van der Waals surface area contributed by atoms with E-state index in [4.69, 9.17) is 23.2 Å². The summed E-state index contributed by atoms with van der Waals surface area (Å²) in [5.41, 5.74) is 0.277. The fraction of sp³-hybridized carbons (Fsp3) is 0.462. The van der Waals surface area contributed by atoms with E-state index in [0.717, 1.165) is 0 Å². The number of aromatic hydroxyl groups is 1. The van der Waals surface area contributed by atoms with E-state index in [9.17, 15) is 10.2 Å².